The molecule has 4 atom stereocenters. The maximum atomic E-state index is 9.77. The van der Waals surface area contributed by atoms with E-state index in [0.717, 1.165) is 41.7 Å². The molecule has 2 aromatic rings. The third-order valence-corrected chi connectivity index (χ3v) is 7.07. The summed E-state index contributed by atoms with van der Waals surface area (Å²) < 4.78 is 0. The number of halogens is 2. The molecule has 1 aliphatic heterocycles. The topological polar surface area (TPSA) is 25.5 Å². The molecule has 1 saturated carbocycles. The van der Waals surface area contributed by atoms with E-state index in [1.165, 1.54) is 11.1 Å². The molecule has 5 heteroatoms. The molecule has 0 radical (unpaired) electrons. The quantitative estimate of drug-likeness (QED) is 0.234. The predicted octanol–water partition coefficient (Wildman–Crippen LogP) is 8.16. The van der Waals surface area contributed by atoms with E-state index in [9.17, 15) is 5.41 Å². The fourth-order valence-corrected chi connectivity index (χ4v) is 5.01. The van der Waals surface area contributed by atoms with E-state index in [1.807, 2.05) is 29.2 Å². The first-order chi connectivity index (χ1) is 14.9. The summed E-state index contributed by atoms with van der Waals surface area (Å²) in [6, 6.07) is 18.9. The summed E-state index contributed by atoms with van der Waals surface area (Å²) in [5.74, 6) is 4.47. The van der Waals surface area contributed by atoms with Gasteiger partial charge in [-0.25, -0.2) is 0 Å². The minimum atomic E-state index is -0.556. The normalized spacial score (nSPS) is 25.4. The van der Waals surface area contributed by atoms with Crippen molar-refractivity contribution >= 4 is 24.4 Å². The van der Waals surface area contributed by atoms with E-state index in [-0.39, 0.29) is 7.43 Å². The van der Waals surface area contributed by atoms with Crippen LogP contribution in [0, 0.1) is 31.1 Å². The van der Waals surface area contributed by atoms with Crippen LogP contribution < -0.4 is 0 Å². The Bertz CT molecular complexity index is 829. The number of amidine groups is 1. The van der Waals surface area contributed by atoms with Gasteiger partial charge in [-0.1, -0.05) is 94.2 Å². The maximum absolute atomic E-state index is 9.77. The fourth-order valence-electron chi connectivity index (χ4n) is 5.01. The van der Waals surface area contributed by atoms with Crippen molar-refractivity contribution in [1.82, 2.24) is 4.90 Å². The van der Waals surface area contributed by atoms with Gasteiger partial charge in [-0.3, -0.25) is 0 Å². The van der Waals surface area contributed by atoms with Crippen LogP contribution in [0.5, 0.6) is 0 Å². The van der Waals surface area contributed by atoms with Gasteiger partial charge in [-0.05, 0) is 59.4 Å². The van der Waals surface area contributed by atoms with Gasteiger partial charge in [0.15, 0.2) is 0 Å². The van der Waals surface area contributed by atoms with Crippen LogP contribution in [0.3, 0.4) is 0 Å². The molecule has 2 aromatic carbocycles. The van der Waals surface area contributed by atoms with E-state index in [0.29, 0.717) is 12.4 Å². The molecule has 2 aliphatic rings. The average Bonchev–Trinajstić information content (AvgIpc) is 3.19. The molecular formula is C27H36Cl2N2Ti-2. The summed E-state index contributed by atoms with van der Waals surface area (Å²) in [4.78, 5) is 1.90. The van der Waals surface area contributed by atoms with Crippen LogP contribution >= 0.6 is 18.6 Å². The van der Waals surface area contributed by atoms with Gasteiger partial charge < -0.3 is 17.7 Å². The Morgan fingerprint density at radius 1 is 0.938 bits per heavy atom. The zero-order chi connectivity index (χ0) is 23.0. The second kappa shape index (κ2) is 14.3. The number of hydrogen-bond acceptors (Lipinski definition) is 0. The Balaban J connectivity index is 0.000000280. The van der Waals surface area contributed by atoms with Gasteiger partial charge in [-0.15, -0.1) is 6.58 Å². The third-order valence-electron chi connectivity index (χ3n) is 7.07. The number of benzene rings is 2. The number of fused-ring (bicyclic) bond motifs is 1. The van der Waals surface area contributed by atoms with Crippen LogP contribution in [0.2, 0.25) is 0 Å². The molecule has 4 unspecified atom stereocenters. The Hall–Kier alpha value is -1.06. The molecule has 0 spiro atoms. The summed E-state index contributed by atoms with van der Waals surface area (Å²) in [6.45, 7) is 14.8. The summed E-state index contributed by atoms with van der Waals surface area (Å²) in [5, 5.41) is 9.77. The van der Waals surface area contributed by atoms with Gasteiger partial charge in [0.2, 0.25) is 0 Å². The summed E-state index contributed by atoms with van der Waals surface area (Å²) in [7, 11) is 9.78. The van der Waals surface area contributed by atoms with Gasteiger partial charge in [0, 0.05) is 0 Å². The summed E-state index contributed by atoms with van der Waals surface area (Å²) >= 11 is -0.556. The van der Waals surface area contributed by atoms with E-state index >= 15 is 0 Å². The number of rotatable bonds is 3. The second-order valence-electron chi connectivity index (χ2n) is 8.59. The van der Waals surface area contributed by atoms with Crippen LogP contribution in [0.25, 0.3) is 5.41 Å². The molecule has 174 valence electrons. The fraction of sp³-hybridized carbons (Fsp3) is 0.407. The SMILES string of the molecule is C=CCN1Cc2ccccc2C1=[N-].CC1C(C)C(C)C(c2ccccc2)C1C.[CH3-].[Cl][Ti][Cl]. The first-order valence-electron chi connectivity index (χ1n) is 10.9. The third kappa shape index (κ3) is 6.97. The van der Waals surface area contributed by atoms with Crippen LogP contribution in [0.4, 0.5) is 0 Å². The van der Waals surface area contributed by atoms with E-state index < -0.39 is 17.0 Å². The van der Waals surface area contributed by atoms with E-state index in [2.05, 4.69) is 64.6 Å². The monoisotopic (exact) mass is 506 g/mol. The molecule has 0 saturated heterocycles. The van der Waals surface area contributed by atoms with Gasteiger partial charge in [-0.2, -0.15) is 0 Å². The predicted molar refractivity (Wildman–Crippen MR) is 138 cm³/mol. The van der Waals surface area contributed by atoms with Gasteiger partial charge >= 0.3 is 35.6 Å². The van der Waals surface area contributed by atoms with Crippen molar-refractivity contribution < 1.29 is 17.0 Å². The zero-order valence-corrected chi connectivity index (χ0v) is 23.0. The molecule has 2 nitrogen and oxygen atoms in total. The van der Waals surface area contributed by atoms with Gasteiger partial charge in [0.25, 0.3) is 0 Å². The molecule has 1 aliphatic carbocycles. The van der Waals surface area contributed by atoms with Crippen molar-refractivity contribution in [3.63, 3.8) is 0 Å². The summed E-state index contributed by atoms with van der Waals surface area (Å²) in [6.07, 6.45) is 1.79. The Morgan fingerprint density at radius 3 is 1.94 bits per heavy atom. The van der Waals surface area contributed by atoms with Crippen molar-refractivity contribution in [2.75, 3.05) is 6.54 Å². The molecule has 1 heterocycles. The Kier molecular flexibility index (Phi) is 12.9. The van der Waals surface area contributed by atoms with Crippen LogP contribution in [-0.4, -0.2) is 17.3 Å². The Labute approximate surface area is 212 Å². The zero-order valence-electron chi connectivity index (χ0n) is 19.9. The van der Waals surface area contributed by atoms with Crippen molar-refractivity contribution in [2.45, 2.75) is 40.2 Å². The molecule has 0 amide bonds. The molecule has 1 fully saturated rings. The van der Waals surface area contributed by atoms with Crippen molar-refractivity contribution in [2.24, 2.45) is 23.7 Å². The molecule has 0 aromatic heterocycles. The molecular weight excluding hydrogens is 471 g/mol. The van der Waals surface area contributed by atoms with Crippen molar-refractivity contribution in [3.05, 3.63) is 96.8 Å². The van der Waals surface area contributed by atoms with Crippen LogP contribution in [0.15, 0.2) is 67.3 Å². The van der Waals surface area contributed by atoms with Crippen LogP contribution in [0.1, 0.15) is 50.3 Å². The van der Waals surface area contributed by atoms with Gasteiger partial charge in [0.05, 0.1) is 0 Å². The van der Waals surface area contributed by atoms with E-state index in [1.54, 1.807) is 6.08 Å². The van der Waals surface area contributed by atoms with Crippen molar-refractivity contribution in [1.29, 1.82) is 0 Å². The molecule has 4 rings (SSSR count). The number of hydrogen-bond donors (Lipinski definition) is 0. The summed E-state index contributed by atoms with van der Waals surface area (Å²) in [5.41, 5.74) is 3.67. The van der Waals surface area contributed by atoms with E-state index in [4.69, 9.17) is 18.6 Å². The van der Waals surface area contributed by atoms with Crippen LogP contribution in [-0.2, 0) is 23.6 Å². The number of nitrogens with zero attached hydrogens (tertiary/aromatic N) is 2. The standard InChI is InChI=1S/C15H22.C11H11N2.CH3.2ClH.Ti/c1-10-11(2)13(4)15(12(10)3)14-8-6-5-7-9-14;1-2-7-13-8-9-5-3-4-6-10(9)11(13)12;;;;/h5-13,15H,1-4H3;2-6H,1,7-8H2;1H3;2*1H;/q;2*-1;;;+2/p-2. The first-order valence-corrected chi connectivity index (χ1v) is 15.2. The van der Waals surface area contributed by atoms with Crippen molar-refractivity contribution in [3.8, 4) is 0 Å². The van der Waals surface area contributed by atoms with Gasteiger partial charge in [0.1, 0.15) is 0 Å². The molecule has 0 N–H and O–H groups in total. The molecule has 0 bridgehead atoms. The molecule has 32 heavy (non-hydrogen) atoms. The Morgan fingerprint density at radius 2 is 1.44 bits per heavy atom. The minimum absolute atomic E-state index is 0. The average molecular weight is 507 g/mol. The second-order valence-corrected chi connectivity index (χ2v) is 11.2. The first kappa shape index (κ1) is 29.0.